The quantitative estimate of drug-likeness (QED) is 0.114. The van der Waals surface area contributed by atoms with Gasteiger partial charge in [-0.15, -0.1) is 32.0 Å². The minimum atomic E-state index is 0.498. The summed E-state index contributed by atoms with van der Waals surface area (Å²) in [6, 6.07) is 0. The molecule has 0 radical (unpaired) electrons. The summed E-state index contributed by atoms with van der Waals surface area (Å²) < 4.78 is 0. The molecule has 0 aliphatic rings. The number of nitrogens with zero attached hydrogens (tertiary/aromatic N) is 15. The molecule has 19 nitrogen and oxygen atoms in total. The first-order chi connectivity index (χ1) is 16.8. The number of hydrogen-bond acceptors (Lipinski definition) is 15. The zero-order chi connectivity index (χ0) is 23.4. The predicted molar refractivity (Wildman–Crippen MR) is 112 cm³/mol. The Balaban J connectivity index is 1.38. The Hall–Kier alpha value is -3.55. The largest absolute Gasteiger partial charge is 0.293 e. The van der Waals surface area contributed by atoms with Crippen LogP contribution >= 0.6 is 11.6 Å². The average molecular weight is 494 g/mol. The number of hydrogen-bond donors (Lipinski definition) is 4. The van der Waals surface area contributed by atoms with Crippen LogP contribution in [0.1, 0.15) is 23.3 Å². The Bertz CT molecular complexity index is 966. The van der Waals surface area contributed by atoms with Crippen LogP contribution in [0.3, 0.4) is 0 Å². The van der Waals surface area contributed by atoms with Crippen LogP contribution in [0.4, 0.5) is 0 Å². The lowest BCUT2D eigenvalue weighted by molar-refractivity contribution is 0.158. The molecular formula is C14H24ClN19. The summed E-state index contributed by atoms with van der Waals surface area (Å²) >= 11 is 6.01. The summed E-state index contributed by atoms with van der Waals surface area (Å²) in [7, 11) is 0. The smallest absolute Gasteiger partial charge is 0.162 e. The second-order valence-corrected chi connectivity index (χ2v) is 7.72. The Morgan fingerprint density at radius 1 is 0.471 bits per heavy atom. The summed E-state index contributed by atoms with van der Waals surface area (Å²) in [5, 5.41) is 56.4. The molecule has 4 aromatic heterocycles. The van der Waals surface area contributed by atoms with Gasteiger partial charge in [-0.2, -0.15) is 0 Å². The Morgan fingerprint density at radius 2 is 0.794 bits per heavy atom. The fraction of sp³-hybridized carbons (Fsp3) is 0.714. The van der Waals surface area contributed by atoms with Crippen LogP contribution in [0.15, 0.2) is 0 Å². The lowest BCUT2D eigenvalue weighted by atomic mass is 10.3. The van der Waals surface area contributed by atoms with Gasteiger partial charge >= 0.3 is 0 Å². The molecule has 4 rings (SSSR count). The molecule has 0 aliphatic heterocycles. The van der Waals surface area contributed by atoms with Crippen LogP contribution in [0, 0.1) is 0 Å². The molecular weight excluding hydrogens is 470 g/mol. The standard InChI is InChI=1S/C14H24ClN19/c15-1-2-32(7-11-16-24-25-17-11)3-4-33(8-12-18-26-27-19-12)5-6-34(9-13-20-28-29-21-13)10-14-22-30-31-23-14/h1-10H2,(H,16,17,24,25)(H,18,19,26,27)(H,20,21,28,29)(H,22,23,30,31). The highest BCUT2D eigenvalue weighted by atomic mass is 35.5. The lowest BCUT2D eigenvalue weighted by Gasteiger charge is -2.28. The van der Waals surface area contributed by atoms with Crippen LogP contribution in [0.5, 0.6) is 0 Å². The molecule has 0 saturated carbocycles. The summed E-state index contributed by atoms with van der Waals surface area (Å²) in [4.78, 5) is 6.55. The number of aromatic amines is 4. The van der Waals surface area contributed by atoms with Crippen molar-refractivity contribution >= 4 is 11.6 Å². The fourth-order valence-corrected chi connectivity index (χ4v) is 3.51. The van der Waals surface area contributed by atoms with Crippen molar-refractivity contribution < 1.29 is 0 Å². The topological polar surface area (TPSA) is 228 Å². The molecule has 4 heterocycles. The van der Waals surface area contributed by atoms with Gasteiger partial charge in [0.1, 0.15) is 0 Å². The number of rotatable bonds is 16. The highest BCUT2D eigenvalue weighted by molar-refractivity contribution is 6.18. The number of H-pyrrole nitrogens is 4. The summed E-state index contributed by atoms with van der Waals surface area (Å²) in [5.74, 6) is 3.15. The van der Waals surface area contributed by atoms with Gasteiger partial charge in [-0.3, -0.25) is 14.7 Å². The third-order valence-corrected chi connectivity index (χ3v) is 5.09. The van der Waals surface area contributed by atoms with Crippen LogP contribution in [-0.4, -0.2) is 136 Å². The predicted octanol–water partition coefficient (Wildman–Crippen LogP) is -3.02. The van der Waals surface area contributed by atoms with Gasteiger partial charge in [0, 0.05) is 38.6 Å². The first-order valence-electron chi connectivity index (χ1n) is 10.4. The molecule has 0 aliphatic carbocycles. The van der Waals surface area contributed by atoms with E-state index in [2.05, 4.69) is 97.2 Å². The van der Waals surface area contributed by atoms with Crippen molar-refractivity contribution in [3.63, 3.8) is 0 Å². The first-order valence-corrected chi connectivity index (χ1v) is 11.0. The van der Waals surface area contributed by atoms with Crippen LogP contribution in [-0.2, 0) is 26.2 Å². The van der Waals surface area contributed by atoms with E-state index < -0.39 is 0 Å². The van der Waals surface area contributed by atoms with Gasteiger partial charge in [0.05, 0.1) is 26.2 Å². The van der Waals surface area contributed by atoms with E-state index in [1.54, 1.807) is 0 Å². The third-order valence-electron chi connectivity index (χ3n) is 4.92. The Morgan fingerprint density at radius 3 is 1.12 bits per heavy atom. The third kappa shape index (κ3) is 7.50. The van der Waals surface area contributed by atoms with Crippen molar-refractivity contribution in [3.8, 4) is 0 Å². The average Bonchev–Trinajstić information content (AvgIpc) is 3.64. The first kappa shape index (κ1) is 23.6. The van der Waals surface area contributed by atoms with Crippen LogP contribution < -0.4 is 0 Å². The molecule has 0 amide bonds. The maximum atomic E-state index is 6.01. The van der Waals surface area contributed by atoms with Crippen molar-refractivity contribution in [2.75, 3.05) is 38.6 Å². The minimum Gasteiger partial charge on any atom is -0.293 e. The molecule has 34 heavy (non-hydrogen) atoms. The normalized spacial score (nSPS) is 11.9. The molecule has 0 bridgehead atoms. The SMILES string of the molecule is ClCCN(CCN(CCN(Cc1nnn[nH]1)Cc1nnn[nH]1)Cc1nnn[nH]1)Cc1nnn[nH]1. The maximum Gasteiger partial charge on any atom is 0.162 e. The molecule has 0 atom stereocenters. The second kappa shape index (κ2) is 12.6. The van der Waals surface area contributed by atoms with E-state index in [1.165, 1.54) is 0 Å². The summed E-state index contributed by atoms with van der Waals surface area (Å²) in [6.07, 6.45) is 0. The molecule has 4 aromatic rings. The van der Waals surface area contributed by atoms with Gasteiger partial charge in [0.2, 0.25) is 0 Å². The maximum absolute atomic E-state index is 6.01. The molecule has 20 heteroatoms. The van der Waals surface area contributed by atoms with Gasteiger partial charge in [0.25, 0.3) is 0 Å². The van der Waals surface area contributed by atoms with E-state index in [0.717, 1.165) is 13.1 Å². The number of nitrogens with one attached hydrogen (secondary N) is 4. The van der Waals surface area contributed by atoms with Crippen LogP contribution in [0.2, 0.25) is 0 Å². The van der Waals surface area contributed by atoms with Crippen molar-refractivity contribution in [2.24, 2.45) is 0 Å². The summed E-state index contributed by atoms with van der Waals surface area (Å²) in [5.41, 5.74) is 0. The van der Waals surface area contributed by atoms with Crippen molar-refractivity contribution in [1.29, 1.82) is 0 Å². The number of halogens is 1. The van der Waals surface area contributed by atoms with E-state index in [-0.39, 0.29) is 0 Å². The highest BCUT2D eigenvalue weighted by Crippen LogP contribution is 2.06. The summed E-state index contributed by atoms with van der Waals surface area (Å²) in [6.45, 7) is 5.70. The van der Waals surface area contributed by atoms with E-state index in [0.29, 0.717) is 75.0 Å². The fourth-order valence-electron chi connectivity index (χ4n) is 3.27. The van der Waals surface area contributed by atoms with E-state index >= 15 is 0 Å². The molecule has 0 unspecified atom stereocenters. The number of alkyl halides is 1. The van der Waals surface area contributed by atoms with E-state index in [4.69, 9.17) is 11.6 Å². The number of aromatic nitrogens is 16. The molecule has 0 saturated heterocycles. The van der Waals surface area contributed by atoms with E-state index in [9.17, 15) is 0 Å². The zero-order valence-electron chi connectivity index (χ0n) is 18.2. The van der Waals surface area contributed by atoms with Gasteiger partial charge in [-0.05, 0) is 41.7 Å². The molecule has 4 N–H and O–H groups in total. The van der Waals surface area contributed by atoms with Crippen molar-refractivity contribution in [2.45, 2.75) is 26.2 Å². The molecule has 182 valence electrons. The monoisotopic (exact) mass is 493 g/mol. The van der Waals surface area contributed by atoms with E-state index in [1.807, 2.05) is 0 Å². The van der Waals surface area contributed by atoms with Gasteiger partial charge < -0.3 is 0 Å². The lowest BCUT2D eigenvalue weighted by Crippen LogP contribution is -2.40. The molecule has 0 aromatic carbocycles. The van der Waals surface area contributed by atoms with Gasteiger partial charge in [0.15, 0.2) is 23.3 Å². The second-order valence-electron chi connectivity index (χ2n) is 7.34. The van der Waals surface area contributed by atoms with Crippen molar-refractivity contribution in [1.82, 2.24) is 97.2 Å². The van der Waals surface area contributed by atoms with Gasteiger partial charge in [-0.25, -0.2) is 20.4 Å². The Labute approximate surface area is 197 Å². The van der Waals surface area contributed by atoms with Crippen molar-refractivity contribution in [3.05, 3.63) is 23.3 Å². The van der Waals surface area contributed by atoms with Crippen LogP contribution in [0.25, 0.3) is 0 Å². The minimum absolute atomic E-state index is 0.498. The molecule has 0 spiro atoms. The number of tetrazole rings is 4. The highest BCUT2D eigenvalue weighted by Gasteiger charge is 2.17. The van der Waals surface area contributed by atoms with Gasteiger partial charge in [-0.1, -0.05) is 0 Å². The molecule has 0 fully saturated rings. The Kier molecular flexibility index (Phi) is 8.77. The zero-order valence-corrected chi connectivity index (χ0v) is 18.9.